The molecule has 0 saturated carbocycles. The molecule has 6 nitrogen and oxygen atoms in total. The molecule has 3 N–H and O–H groups in total. The van der Waals surface area contributed by atoms with Crippen molar-refractivity contribution < 1.29 is 14.3 Å². The molecule has 0 aliphatic carbocycles. The lowest BCUT2D eigenvalue weighted by Gasteiger charge is -2.03. The third-order valence-corrected chi connectivity index (χ3v) is 2.86. The van der Waals surface area contributed by atoms with Gasteiger partial charge in [-0.05, 0) is 24.3 Å². The number of hydrogen-bond acceptors (Lipinski definition) is 6. The molecule has 1 amide bonds. The van der Waals surface area contributed by atoms with Crippen LogP contribution < -0.4 is 15.8 Å². The van der Waals surface area contributed by atoms with Crippen molar-refractivity contribution in [1.29, 1.82) is 0 Å². The van der Waals surface area contributed by atoms with E-state index in [1.165, 1.54) is 24.5 Å². The van der Waals surface area contributed by atoms with Gasteiger partial charge in [0.2, 0.25) is 0 Å². The SMILES string of the molecule is CC(=O)Oc1ccc(C(=O)Nc2ncc(N)s2)cc1. The molecule has 0 bridgehead atoms. The summed E-state index contributed by atoms with van der Waals surface area (Å²) < 4.78 is 4.87. The van der Waals surface area contributed by atoms with E-state index in [2.05, 4.69) is 10.3 Å². The second-order valence-electron chi connectivity index (χ2n) is 3.64. The molecule has 0 aliphatic heterocycles. The Morgan fingerprint density at radius 2 is 2.00 bits per heavy atom. The highest BCUT2D eigenvalue weighted by Crippen LogP contribution is 2.20. The molecule has 0 unspecified atom stereocenters. The highest BCUT2D eigenvalue weighted by atomic mass is 32.1. The lowest BCUT2D eigenvalue weighted by molar-refractivity contribution is -0.131. The summed E-state index contributed by atoms with van der Waals surface area (Å²) in [7, 11) is 0. The highest BCUT2D eigenvalue weighted by molar-refractivity contribution is 7.19. The normalized spacial score (nSPS) is 9.95. The molecule has 0 spiro atoms. The number of ether oxygens (including phenoxy) is 1. The molecule has 1 aromatic heterocycles. The summed E-state index contributed by atoms with van der Waals surface area (Å²) in [5, 5.41) is 3.58. The fraction of sp³-hybridized carbons (Fsp3) is 0.0833. The Morgan fingerprint density at radius 1 is 1.32 bits per heavy atom. The molecule has 0 saturated heterocycles. The van der Waals surface area contributed by atoms with Crippen LogP contribution in [-0.4, -0.2) is 16.9 Å². The van der Waals surface area contributed by atoms with Crippen LogP contribution in [0.4, 0.5) is 10.1 Å². The van der Waals surface area contributed by atoms with Crippen molar-refractivity contribution >= 4 is 33.3 Å². The minimum atomic E-state index is -0.407. The molecule has 7 heteroatoms. The monoisotopic (exact) mass is 277 g/mol. The van der Waals surface area contributed by atoms with Crippen molar-refractivity contribution in [3.05, 3.63) is 36.0 Å². The Bertz CT molecular complexity index is 607. The van der Waals surface area contributed by atoms with Crippen LogP contribution in [0.25, 0.3) is 0 Å². The number of carbonyl (C=O) groups is 2. The number of esters is 1. The van der Waals surface area contributed by atoms with Gasteiger partial charge in [-0.25, -0.2) is 4.98 Å². The fourth-order valence-corrected chi connectivity index (χ4v) is 1.93. The number of amides is 1. The van der Waals surface area contributed by atoms with Gasteiger partial charge in [0.1, 0.15) is 10.8 Å². The number of nitrogens with one attached hydrogen (secondary N) is 1. The second-order valence-corrected chi connectivity index (χ2v) is 4.70. The van der Waals surface area contributed by atoms with E-state index >= 15 is 0 Å². The number of hydrogen-bond donors (Lipinski definition) is 2. The summed E-state index contributed by atoms with van der Waals surface area (Å²) in [5.74, 6) is -0.318. The number of thiazole rings is 1. The van der Waals surface area contributed by atoms with Crippen molar-refractivity contribution in [2.45, 2.75) is 6.92 Å². The molecule has 0 fully saturated rings. The molecule has 0 atom stereocenters. The maximum atomic E-state index is 11.9. The topological polar surface area (TPSA) is 94.3 Å². The van der Waals surface area contributed by atoms with Gasteiger partial charge in [-0.1, -0.05) is 11.3 Å². The van der Waals surface area contributed by atoms with Crippen LogP contribution in [-0.2, 0) is 4.79 Å². The first kappa shape index (κ1) is 13.0. The molecule has 0 aliphatic rings. The molecule has 1 aromatic carbocycles. The van der Waals surface area contributed by atoms with Crippen molar-refractivity contribution in [3.8, 4) is 5.75 Å². The van der Waals surface area contributed by atoms with E-state index < -0.39 is 5.97 Å². The zero-order chi connectivity index (χ0) is 13.8. The molecule has 98 valence electrons. The largest absolute Gasteiger partial charge is 0.427 e. The third-order valence-electron chi connectivity index (χ3n) is 2.12. The summed E-state index contributed by atoms with van der Waals surface area (Å²) in [4.78, 5) is 26.5. The van der Waals surface area contributed by atoms with Crippen molar-refractivity contribution in [2.24, 2.45) is 0 Å². The van der Waals surface area contributed by atoms with Gasteiger partial charge in [-0.2, -0.15) is 0 Å². The minimum absolute atomic E-state index is 0.302. The maximum absolute atomic E-state index is 11.9. The quantitative estimate of drug-likeness (QED) is 0.660. The lowest BCUT2D eigenvalue weighted by Crippen LogP contribution is -2.11. The van der Waals surface area contributed by atoms with Crippen LogP contribution in [0.1, 0.15) is 17.3 Å². The summed E-state index contributed by atoms with van der Waals surface area (Å²) in [6, 6.07) is 6.22. The highest BCUT2D eigenvalue weighted by Gasteiger charge is 2.09. The fourth-order valence-electron chi connectivity index (χ4n) is 1.35. The number of nitrogens with two attached hydrogens (primary N) is 1. The number of rotatable bonds is 3. The predicted molar refractivity (Wildman–Crippen MR) is 72.2 cm³/mol. The number of anilines is 2. The number of carbonyl (C=O) groups excluding carboxylic acids is 2. The van der Waals surface area contributed by atoms with Gasteiger partial charge in [-0.3, -0.25) is 14.9 Å². The van der Waals surface area contributed by atoms with Gasteiger partial charge in [0, 0.05) is 12.5 Å². The Balaban J connectivity index is 2.05. The van der Waals surface area contributed by atoms with Gasteiger partial charge in [0.15, 0.2) is 5.13 Å². The molecule has 2 rings (SSSR count). The van der Waals surface area contributed by atoms with Crippen molar-refractivity contribution in [2.75, 3.05) is 11.1 Å². The van der Waals surface area contributed by atoms with Gasteiger partial charge < -0.3 is 10.5 Å². The zero-order valence-electron chi connectivity index (χ0n) is 10.0. The van der Waals surface area contributed by atoms with Crippen LogP contribution in [0.3, 0.4) is 0 Å². The first-order chi connectivity index (χ1) is 9.04. The van der Waals surface area contributed by atoms with Gasteiger partial charge in [0.25, 0.3) is 5.91 Å². The Kier molecular flexibility index (Phi) is 3.76. The number of benzene rings is 1. The average Bonchev–Trinajstić information content (AvgIpc) is 2.75. The molecule has 1 heterocycles. The number of nitrogen functional groups attached to an aromatic ring is 1. The van der Waals surface area contributed by atoms with Gasteiger partial charge in [0.05, 0.1) is 6.20 Å². The van der Waals surface area contributed by atoms with Crippen LogP contribution in [0.2, 0.25) is 0 Å². The standard InChI is InChI=1S/C12H11N3O3S/c1-7(16)18-9-4-2-8(3-5-9)11(17)15-12-14-6-10(13)19-12/h2-6H,13H2,1H3,(H,14,15,17). The van der Waals surface area contributed by atoms with Gasteiger partial charge >= 0.3 is 5.97 Å². The van der Waals surface area contributed by atoms with E-state index in [1.807, 2.05) is 0 Å². The summed E-state index contributed by atoms with van der Waals surface area (Å²) in [6.45, 7) is 1.31. The molecule has 0 radical (unpaired) electrons. The maximum Gasteiger partial charge on any atom is 0.308 e. The predicted octanol–water partition coefficient (Wildman–Crippen LogP) is 1.90. The number of aromatic nitrogens is 1. The van der Waals surface area contributed by atoms with E-state index in [0.717, 1.165) is 0 Å². The Morgan fingerprint density at radius 3 is 2.53 bits per heavy atom. The van der Waals surface area contributed by atoms with Crippen LogP contribution in [0.5, 0.6) is 5.75 Å². The molecular weight excluding hydrogens is 266 g/mol. The zero-order valence-corrected chi connectivity index (χ0v) is 10.9. The molecular formula is C12H11N3O3S. The van der Waals surface area contributed by atoms with Crippen LogP contribution in [0, 0.1) is 0 Å². The van der Waals surface area contributed by atoms with Crippen LogP contribution >= 0.6 is 11.3 Å². The van der Waals surface area contributed by atoms with Crippen molar-refractivity contribution in [3.63, 3.8) is 0 Å². The third kappa shape index (κ3) is 3.52. The average molecular weight is 277 g/mol. The summed E-state index contributed by atoms with van der Waals surface area (Å²) >= 11 is 1.19. The first-order valence-electron chi connectivity index (χ1n) is 5.36. The molecule has 2 aromatic rings. The van der Waals surface area contributed by atoms with E-state index in [0.29, 0.717) is 21.4 Å². The lowest BCUT2D eigenvalue weighted by atomic mass is 10.2. The van der Waals surface area contributed by atoms with Crippen LogP contribution in [0.15, 0.2) is 30.5 Å². The molecule has 19 heavy (non-hydrogen) atoms. The van der Waals surface area contributed by atoms with E-state index in [9.17, 15) is 9.59 Å². The van der Waals surface area contributed by atoms with Gasteiger partial charge in [-0.15, -0.1) is 0 Å². The van der Waals surface area contributed by atoms with E-state index in [1.54, 1.807) is 24.3 Å². The van der Waals surface area contributed by atoms with Crippen molar-refractivity contribution in [1.82, 2.24) is 4.98 Å². The Hall–Kier alpha value is -2.41. The second kappa shape index (κ2) is 5.49. The van der Waals surface area contributed by atoms with E-state index in [4.69, 9.17) is 10.5 Å². The summed E-state index contributed by atoms with van der Waals surface area (Å²) in [6.07, 6.45) is 1.48. The minimum Gasteiger partial charge on any atom is -0.427 e. The smallest absolute Gasteiger partial charge is 0.308 e. The number of nitrogens with zero attached hydrogens (tertiary/aromatic N) is 1. The Labute approximate surface area is 113 Å². The summed E-state index contributed by atoms with van der Waals surface area (Å²) in [5.41, 5.74) is 5.95. The first-order valence-corrected chi connectivity index (χ1v) is 6.17. The van der Waals surface area contributed by atoms with E-state index in [-0.39, 0.29) is 5.91 Å².